The number of hydrogen-bond donors (Lipinski definition) is 1. The molecule has 0 radical (unpaired) electrons. The van der Waals surface area contributed by atoms with E-state index in [0.717, 1.165) is 26.8 Å². The number of hydrogen-bond acceptors (Lipinski definition) is 4. The van der Waals surface area contributed by atoms with E-state index in [1.807, 2.05) is 43.5 Å². The second kappa shape index (κ2) is 8.47. The Bertz CT molecular complexity index is 924. The van der Waals surface area contributed by atoms with Crippen LogP contribution in [-0.4, -0.2) is 10.9 Å². The van der Waals surface area contributed by atoms with Crippen molar-refractivity contribution in [2.75, 3.05) is 5.32 Å². The number of aromatic nitrogens is 1. The topological polar surface area (TPSA) is 42.0 Å². The van der Waals surface area contributed by atoms with Gasteiger partial charge in [0, 0.05) is 16.8 Å². The smallest absolute Gasteiger partial charge is 0.230 e. The quantitative estimate of drug-likeness (QED) is 0.579. The highest BCUT2D eigenvalue weighted by Gasteiger charge is 2.11. The van der Waals surface area contributed by atoms with Crippen molar-refractivity contribution in [2.24, 2.45) is 0 Å². The van der Waals surface area contributed by atoms with E-state index >= 15 is 0 Å². The maximum absolute atomic E-state index is 13.7. The van der Waals surface area contributed by atoms with Crippen molar-refractivity contribution >= 4 is 34.7 Å². The van der Waals surface area contributed by atoms with Crippen molar-refractivity contribution in [2.45, 2.75) is 30.4 Å². The molecule has 0 aliphatic carbocycles. The maximum atomic E-state index is 13.7. The standard InChI is InChI=1S/C20H19FN2OS2/c1-13-7-8-14(2)18(9-13)23-19(24)10-16-12-26-20(22-16)25-11-15-5-3-4-6-17(15)21/h3-9,12H,10-11H2,1-2H3,(H,23,24). The molecule has 134 valence electrons. The molecule has 0 aliphatic rings. The first-order valence-corrected chi connectivity index (χ1v) is 10.1. The zero-order chi connectivity index (χ0) is 18.5. The van der Waals surface area contributed by atoms with Gasteiger partial charge in [0.05, 0.1) is 12.1 Å². The van der Waals surface area contributed by atoms with Crippen molar-refractivity contribution < 1.29 is 9.18 Å². The van der Waals surface area contributed by atoms with Crippen LogP contribution in [0.5, 0.6) is 0 Å². The average molecular weight is 387 g/mol. The molecule has 2 aromatic carbocycles. The number of anilines is 1. The number of carbonyl (C=O) groups excluding carboxylic acids is 1. The van der Waals surface area contributed by atoms with Crippen molar-refractivity contribution in [3.05, 3.63) is 76.0 Å². The Morgan fingerprint density at radius 3 is 2.85 bits per heavy atom. The average Bonchev–Trinajstić information content (AvgIpc) is 3.04. The van der Waals surface area contributed by atoms with Gasteiger partial charge in [0.25, 0.3) is 0 Å². The van der Waals surface area contributed by atoms with Gasteiger partial charge in [-0.25, -0.2) is 9.37 Å². The minimum absolute atomic E-state index is 0.0883. The van der Waals surface area contributed by atoms with Crippen LogP contribution in [0.25, 0.3) is 0 Å². The van der Waals surface area contributed by atoms with Gasteiger partial charge in [-0.2, -0.15) is 0 Å². The molecule has 0 fully saturated rings. The van der Waals surface area contributed by atoms with E-state index in [4.69, 9.17) is 0 Å². The second-order valence-corrected chi connectivity index (χ2v) is 8.11. The maximum Gasteiger partial charge on any atom is 0.230 e. The van der Waals surface area contributed by atoms with Crippen LogP contribution in [0.1, 0.15) is 22.4 Å². The molecular weight excluding hydrogens is 367 g/mol. The fraction of sp³-hybridized carbons (Fsp3) is 0.200. The molecule has 0 atom stereocenters. The van der Waals surface area contributed by atoms with Crippen molar-refractivity contribution in [3.8, 4) is 0 Å². The molecule has 6 heteroatoms. The van der Waals surface area contributed by atoms with Crippen molar-refractivity contribution in [3.63, 3.8) is 0 Å². The van der Waals surface area contributed by atoms with Gasteiger partial charge in [0.15, 0.2) is 0 Å². The zero-order valence-electron chi connectivity index (χ0n) is 14.6. The van der Waals surface area contributed by atoms with E-state index in [0.29, 0.717) is 11.3 Å². The minimum atomic E-state index is -0.204. The summed E-state index contributed by atoms with van der Waals surface area (Å²) < 4.78 is 14.5. The van der Waals surface area contributed by atoms with E-state index in [1.165, 1.54) is 29.2 Å². The lowest BCUT2D eigenvalue weighted by Gasteiger charge is -2.08. The number of amides is 1. The Kier molecular flexibility index (Phi) is 6.06. The van der Waals surface area contributed by atoms with Crippen LogP contribution in [-0.2, 0) is 17.0 Å². The molecule has 0 spiro atoms. The van der Waals surface area contributed by atoms with Gasteiger partial charge in [0.1, 0.15) is 10.2 Å². The van der Waals surface area contributed by atoms with Crippen LogP contribution in [0.3, 0.4) is 0 Å². The lowest BCUT2D eigenvalue weighted by molar-refractivity contribution is -0.115. The van der Waals surface area contributed by atoms with Gasteiger partial charge in [0.2, 0.25) is 5.91 Å². The molecule has 1 heterocycles. The van der Waals surface area contributed by atoms with Gasteiger partial charge in [-0.3, -0.25) is 4.79 Å². The lowest BCUT2D eigenvalue weighted by Crippen LogP contribution is -2.15. The van der Waals surface area contributed by atoms with Crippen molar-refractivity contribution in [1.82, 2.24) is 4.98 Å². The summed E-state index contributed by atoms with van der Waals surface area (Å²) >= 11 is 2.96. The first-order chi connectivity index (χ1) is 12.5. The summed E-state index contributed by atoms with van der Waals surface area (Å²) in [6.07, 6.45) is 0.226. The molecule has 3 rings (SSSR count). The Morgan fingerprint density at radius 2 is 2.04 bits per heavy atom. The number of nitrogens with one attached hydrogen (secondary N) is 1. The van der Waals surface area contributed by atoms with Gasteiger partial charge in [-0.05, 0) is 42.7 Å². The summed E-state index contributed by atoms with van der Waals surface area (Å²) in [7, 11) is 0. The number of rotatable bonds is 6. The highest BCUT2D eigenvalue weighted by molar-refractivity contribution is 8.00. The fourth-order valence-corrected chi connectivity index (χ4v) is 4.25. The predicted octanol–water partition coefficient (Wildman–Crippen LogP) is 5.37. The Labute approximate surface area is 160 Å². The van der Waals surface area contributed by atoms with Gasteiger partial charge < -0.3 is 5.32 Å². The minimum Gasteiger partial charge on any atom is -0.325 e. The highest BCUT2D eigenvalue weighted by Crippen LogP contribution is 2.27. The Hall–Kier alpha value is -2.18. The van der Waals surface area contributed by atoms with Gasteiger partial charge in [-0.15, -0.1) is 11.3 Å². The van der Waals surface area contributed by atoms with Crippen LogP contribution < -0.4 is 5.32 Å². The SMILES string of the molecule is Cc1ccc(C)c(NC(=O)Cc2csc(SCc3ccccc3F)n2)c1. The van der Waals surface area contributed by atoms with Crippen LogP contribution in [0.4, 0.5) is 10.1 Å². The number of carbonyl (C=O) groups is 1. The molecule has 3 nitrogen and oxygen atoms in total. The van der Waals surface area contributed by atoms with Crippen LogP contribution in [0.15, 0.2) is 52.2 Å². The summed E-state index contributed by atoms with van der Waals surface area (Å²) in [5, 5.41) is 4.82. The molecule has 3 aromatic rings. The number of thiazole rings is 1. The van der Waals surface area contributed by atoms with Crippen molar-refractivity contribution in [1.29, 1.82) is 0 Å². The molecule has 0 unspecified atom stereocenters. The number of nitrogens with zero attached hydrogens (tertiary/aromatic N) is 1. The molecule has 1 N–H and O–H groups in total. The third-order valence-corrected chi connectivity index (χ3v) is 5.97. The normalized spacial score (nSPS) is 10.7. The van der Waals surface area contributed by atoms with Crippen LogP contribution in [0.2, 0.25) is 0 Å². The summed E-state index contributed by atoms with van der Waals surface area (Å²) in [6, 6.07) is 12.7. The van der Waals surface area contributed by atoms with Gasteiger partial charge in [-0.1, -0.05) is 42.1 Å². The molecule has 1 amide bonds. The third-order valence-electron chi connectivity index (χ3n) is 3.85. The lowest BCUT2D eigenvalue weighted by atomic mass is 10.1. The van der Waals surface area contributed by atoms with E-state index in [2.05, 4.69) is 10.3 Å². The molecule has 0 saturated heterocycles. The first-order valence-electron chi connectivity index (χ1n) is 8.19. The van der Waals surface area contributed by atoms with E-state index in [9.17, 15) is 9.18 Å². The largest absolute Gasteiger partial charge is 0.325 e. The number of halogens is 1. The highest BCUT2D eigenvalue weighted by atomic mass is 32.2. The summed E-state index contributed by atoms with van der Waals surface area (Å²) in [5.41, 5.74) is 4.35. The van der Waals surface area contributed by atoms with E-state index in [1.54, 1.807) is 12.1 Å². The molecular formula is C20H19FN2OS2. The Morgan fingerprint density at radius 1 is 1.23 bits per heavy atom. The fourth-order valence-electron chi connectivity index (χ4n) is 2.42. The molecule has 0 bridgehead atoms. The van der Waals surface area contributed by atoms with Crippen LogP contribution in [0, 0.1) is 19.7 Å². The molecule has 0 saturated carbocycles. The summed E-state index contributed by atoms with van der Waals surface area (Å²) in [4.78, 5) is 16.8. The van der Waals surface area contributed by atoms with E-state index in [-0.39, 0.29) is 18.1 Å². The summed E-state index contributed by atoms with van der Waals surface area (Å²) in [6.45, 7) is 3.96. The summed E-state index contributed by atoms with van der Waals surface area (Å²) in [5.74, 6) is 0.230. The number of thioether (sulfide) groups is 1. The first kappa shape index (κ1) is 18.6. The van der Waals surface area contributed by atoms with Gasteiger partial charge >= 0.3 is 0 Å². The Balaban J connectivity index is 1.57. The van der Waals surface area contributed by atoms with E-state index < -0.39 is 0 Å². The number of benzene rings is 2. The third kappa shape index (κ3) is 4.93. The predicted molar refractivity (Wildman–Crippen MR) is 106 cm³/mol. The molecule has 1 aromatic heterocycles. The molecule has 26 heavy (non-hydrogen) atoms. The number of aryl methyl sites for hydroxylation is 2. The van der Waals surface area contributed by atoms with Crippen LogP contribution >= 0.6 is 23.1 Å². The zero-order valence-corrected chi connectivity index (χ0v) is 16.2. The monoisotopic (exact) mass is 386 g/mol. The molecule has 0 aliphatic heterocycles. The second-order valence-electron chi connectivity index (χ2n) is 6.03.